The molecule has 2 N–H and O–H groups in total. The van der Waals surface area contributed by atoms with Crippen LogP contribution in [0.15, 0.2) is 12.1 Å². The Balaban J connectivity index is 1.93. The lowest BCUT2D eigenvalue weighted by atomic mass is 9.94. The summed E-state index contributed by atoms with van der Waals surface area (Å²) in [6.07, 6.45) is 2.00. The van der Waals surface area contributed by atoms with E-state index >= 15 is 0 Å². The van der Waals surface area contributed by atoms with Crippen LogP contribution in [0.3, 0.4) is 0 Å². The van der Waals surface area contributed by atoms with Crippen molar-refractivity contribution in [2.75, 3.05) is 6.61 Å². The van der Waals surface area contributed by atoms with E-state index in [0.29, 0.717) is 12.6 Å². The highest BCUT2D eigenvalue weighted by molar-refractivity contribution is 5.27. The molecule has 0 bridgehead atoms. The number of ether oxygens (including phenoxy) is 1. The Morgan fingerprint density at radius 2 is 2.28 bits per heavy atom. The number of hydrogen-bond acceptors (Lipinski definition) is 4. The fraction of sp³-hybridized carbons (Fsp3) is 0.643. The van der Waals surface area contributed by atoms with Gasteiger partial charge in [-0.15, -0.1) is 0 Å². The minimum atomic E-state index is -0.0575. The molecule has 1 unspecified atom stereocenters. The number of aromatic hydroxyl groups is 1. The van der Waals surface area contributed by atoms with Gasteiger partial charge in [0, 0.05) is 24.9 Å². The minimum absolute atomic E-state index is 0.0575. The third-order valence-corrected chi connectivity index (χ3v) is 3.34. The summed E-state index contributed by atoms with van der Waals surface area (Å²) in [6, 6.07) is 3.94. The third kappa shape index (κ3) is 3.43. The van der Waals surface area contributed by atoms with Gasteiger partial charge in [-0.1, -0.05) is 0 Å². The molecular weight excluding hydrogens is 228 g/mol. The molecule has 1 saturated heterocycles. The molecule has 1 aromatic heterocycles. The van der Waals surface area contributed by atoms with Gasteiger partial charge in [-0.25, -0.2) is 0 Å². The SMILES string of the molecule is Cc1ccc(O)c(CNC2CCOC(C)(C)C2)n1. The Morgan fingerprint density at radius 3 is 3.00 bits per heavy atom. The molecule has 1 aliphatic heterocycles. The monoisotopic (exact) mass is 250 g/mol. The maximum atomic E-state index is 9.74. The van der Waals surface area contributed by atoms with Gasteiger partial charge in [-0.3, -0.25) is 4.98 Å². The van der Waals surface area contributed by atoms with Crippen LogP contribution >= 0.6 is 0 Å². The largest absolute Gasteiger partial charge is 0.506 e. The van der Waals surface area contributed by atoms with Crippen molar-refractivity contribution in [3.05, 3.63) is 23.5 Å². The first kappa shape index (κ1) is 13.3. The molecule has 1 aromatic rings. The number of pyridine rings is 1. The van der Waals surface area contributed by atoms with Crippen LogP contribution in [0.2, 0.25) is 0 Å². The molecule has 0 aliphatic carbocycles. The lowest BCUT2D eigenvalue weighted by molar-refractivity contribution is -0.0631. The van der Waals surface area contributed by atoms with Crippen molar-refractivity contribution in [2.24, 2.45) is 0 Å². The van der Waals surface area contributed by atoms with Crippen LogP contribution < -0.4 is 5.32 Å². The van der Waals surface area contributed by atoms with Gasteiger partial charge >= 0.3 is 0 Å². The summed E-state index contributed by atoms with van der Waals surface area (Å²) in [5.74, 6) is 0.263. The topological polar surface area (TPSA) is 54.4 Å². The highest BCUT2D eigenvalue weighted by Crippen LogP contribution is 2.24. The molecule has 0 aromatic carbocycles. The van der Waals surface area contributed by atoms with Crippen LogP contribution in [-0.4, -0.2) is 28.3 Å². The van der Waals surface area contributed by atoms with E-state index in [-0.39, 0.29) is 11.4 Å². The van der Waals surface area contributed by atoms with Crippen LogP contribution in [0.4, 0.5) is 0 Å². The molecule has 0 saturated carbocycles. The van der Waals surface area contributed by atoms with E-state index in [1.807, 2.05) is 13.0 Å². The fourth-order valence-corrected chi connectivity index (χ4v) is 2.38. The fourth-order valence-electron chi connectivity index (χ4n) is 2.38. The molecule has 0 spiro atoms. The van der Waals surface area contributed by atoms with E-state index in [4.69, 9.17) is 4.74 Å². The van der Waals surface area contributed by atoms with Crippen LogP contribution in [0.1, 0.15) is 38.1 Å². The predicted octanol–water partition coefficient (Wildman–Crippen LogP) is 2.14. The zero-order valence-electron chi connectivity index (χ0n) is 11.4. The molecular formula is C14H22N2O2. The Kier molecular flexibility index (Phi) is 3.88. The molecule has 100 valence electrons. The normalized spacial score (nSPS) is 22.9. The average Bonchev–Trinajstić information content (AvgIpc) is 2.29. The maximum Gasteiger partial charge on any atom is 0.138 e. The van der Waals surface area contributed by atoms with Crippen molar-refractivity contribution in [2.45, 2.75) is 51.8 Å². The lowest BCUT2D eigenvalue weighted by Gasteiger charge is -2.35. The molecule has 4 heteroatoms. The van der Waals surface area contributed by atoms with Crippen molar-refractivity contribution in [3.63, 3.8) is 0 Å². The maximum absolute atomic E-state index is 9.74. The molecule has 1 fully saturated rings. The second-order valence-corrected chi connectivity index (χ2v) is 5.60. The second kappa shape index (κ2) is 5.24. The standard InChI is InChI=1S/C14H22N2O2/c1-10-4-5-13(17)12(16-10)9-15-11-6-7-18-14(2,3)8-11/h4-5,11,15,17H,6-9H2,1-3H3. The molecule has 0 radical (unpaired) electrons. The summed E-state index contributed by atoms with van der Waals surface area (Å²) in [4.78, 5) is 4.35. The summed E-state index contributed by atoms with van der Waals surface area (Å²) < 4.78 is 5.69. The second-order valence-electron chi connectivity index (χ2n) is 5.60. The van der Waals surface area contributed by atoms with Gasteiger partial charge in [-0.05, 0) is 45.7 Å². The summed E-state index contributed by atoms with van der Waals surface area (Å²) in [5, 5.41) is 13.2. The van der Waals surface area contributed by atoms with Crippen molar-refractivity contribution < 1.29 is 9.84 Å². The van der Waals surface area contributed by atoms with Crippen molar-refractivity contribution in [3.8, 4) is 5.75 Å². The van der Waals surface area contributed by atoms with Crippen LogP contribution in [-0.2, 0) is 11.3 Å². The number of rotatable bonds is 3. The Morgan fingerprint density at radius 1 is 1.50 bits per heavy atom. The molecule has 18 heavy (non-hydrogen) atoms. The number of hydrogen-bond donors (Lipinski definition) is 2. The van der Waals surface area contributed by atoms with E-state index < -0.39 is 0 Å². The molecule has 2 heterocycles. The molecule has 1 aliphatic rings. The molecule has 0 amide bonds. The zero-order valence-corrected chi connectivity index (χ0v) is 11.4. The van der Waals surface area contributed by atoms with Gasteiger partial charge < -0.3 is 15.2 Å². The number of nitrogens with zero attached hydrogens (tertiary/aromatic N) is 1. The van der Waals surface area contributed by atoms with Crippen LogP contribution in [0.25, 0.3) is 0 Å². The predicted molar refractivity (Wildman–Crippen MR) is 70.5 cm³/mol. The Hall–Kier alpha value is -1.13. The van der Waals surface area contributed by atoms with E-state index in [2.05, 4.69) is 24.1 Å². The van der Waals surface area contributed by atoms with Gasteiger partial charge in [0.05, 0.1) is 11.3 Å². The van der Waals surface area contributed by atoms with Gasteiger partial charge in [0.1, 0.15) is 5.75 Å². The van der Waals surface area contributed by atoms with Gasteiger partial charge in [0.2, 0.25) is 0 Å². The first-order valence-electron chi connectivity index (χ1n) is 6.49. The highest BCUT2D eigenvalue weighted by Gasteiger charge is 2.28. The minimum Gasteiger partial charge on any atom is -0.506 e. The summed E-state index contributed by atoms with van der Waals surface area (Å²) in [5.41, 5.74) is 1.59. The van der Waals surface area contributed by atoms with Crippen LogP contribution in [0, 0.1) is 6.92 Å². The van der Waals surface area contributed by atoms with E-state index in [1.165, 1.54) is 0 Å². The third-order valence-electron chi connectivity index (χ3n) is 3.34. The Labute approximate surface area is 108 Å². The van der Waals surface area contributed by atoms with Gasteiger partial charge in [0.25, 0.3) is 0 Å². The molecule has 1 atom stereocenters. The average molecular weight is 250 g/mol. The van der Waals surface area contributed by atoms with E-state index in [9.17, 15) is 5.11 Å². The quantitative estimate of drug-likeness (QED) is 0.863. The number of aromatic nitrogens is 1. The summed E-state index contributed by atoms with van der Waals surface area (Å²) >= 11 is 0. The highest BCUT2D eigenvalue weighted by atomic mass is 16.5. The van der Waals surface area contributed by atoms with Gasteiger partial charge in [-0.2, -0.15) is 0 Å². The number of nitrogens with one attached hydrogen (secondary N) is 1. The lowest BCUT2D eigenvalue weighted by Crippen LogP contribution is -2.43. The Bertz CT molecular complexity index is 418. The van der Waals surface area contributed by atoms with Crippen molar-refractivity contribution in [1.29, 1.82) is 0 Å². The summed E-state index contributed by atoms with van der Waals surface area (Å²) in [7, 11) is 0. The van der Waals surface area contributed by atoms with Gasteiger partial charge in [0.15, 0.2) is 0 Å². The molecule has 2 rings (SSSR count). The first-order valence-corrected chi connectivity index (χ1v) is 6.49. The number of aryl methyl sites for hydroxylation is 1. The van der Waals surface area contributed by atoms with Crippen molar-refractivity contribution in [1.82, 2.24) is 10.3 Å². The van der Waals surface area contributed by atoms with E-state index in [1.54, 1.807) is 6.07 Å². The summed E-state index contributed by atoms with van der Waals surface area (Å²) in [6.45, 7) is 7.55. The molecule has 4 nitrogen and oxygen atoms in total. The van der Waals surface area contributed by atoms with E-state index in [0.717, 1.165) is 30.8 Å². The smallest absolute Gasteiger partial charge is 0.138 e. The zero-order chi connectivity index (χ0) is 13.2. The van der Waals surface area contributed by atoms with Crippen molar-refractivity contribution >= 4 is 0 Å². The first-order chi connectivity index (χ1) is 8.46. The van der Waals surface area contributed by atoms with Crippen LogP contribution in [0.5, 0.6) is 5.75 Å².